The minimum absolute atomic E-state index is 0.00729. The van der Waals surface area contributed by atoms with E-state index < -0.39 is 28.1 Å². The lowest BCUT2D eigenvalue weighted by Crippen LogP contribution is -2.54. The number of hydrogen-bond donors (Lipinski definition) is 3. The van der Waals surface area contributed by atoms with Gasteiger partial charge in [-0.05, 0) is 55.2 Å². The number of sulfonamides is 1. The number of hydroxylamine groups is 1. The first-order valence-corrected chi connectivity index (χ1v) is 10.7. The number of hydrogen-bond acceptors (Lipinski definition) is 6. The summed E-state index contributed by atoms with van der Waals surface area (Å²) < 4.78 is 32.8. The Kier molecular flexibility index (Phi) is 6.53. The minimum atomic E-state index is -3.99. The molecule has 0 spiro atoms. The first-order valence-electron chi connectivity index (χ1n) is 9.24. The molecule has 0 unspecified atom stereocenters. The predicted molar refractivity (Wildman–Crippen MR) is 105 cm³/mol. The van der Waals surface area contributed by atoms with E-state index in [2.05, 4.69) is 0 Å². The molecule has 3 N–H and O–H groups in total. The summed E-state index contributed by atoms with van der Waals surface area (Å²) >= 11 is 0. The average molecular weight is 420 g/mol. The van der Waals surface area contributed by atoms with E-state index in [1.165, 1.54) is 17.6 Å². The third kappa shape index (κ3) is 4.76. The fourth-order valence-electron chi connectivity index (χ4n) is 3.30. The van der Waals surface area contributed by atoms with Crippen LogP contribution in [0.15, 0.2) is 53.4 Å². The van der Waals surface area contributed by atoms with Crippen LogP contribution in [0.5, 0.6) is 5.75 Å². The smallest absolute Gasteiger partial charge is 0.261 e. The van der Waals surface area contributed by atoms with Crippen LogP contribution in [0.25, 0.3) is 0 Å². The van der Waals surface area contributed by atoms with E-state index in [1.807, 2.05) is 31.2 Å². The van der Waals surface area contributed by atoms with Crippen molar-refractivity contribution in [3.63, 3.8) is 0 Å². The summed E-state index contributed by atoms with van der Waals surface area (Å²) in [5.41, 5.74) is 3.62. The van der Waals surface area contributed by atoms with Gasteiger partial charge in [0, 0.05) is 6.54 Å². The molecule has 9 heteroatoms. The maximum atomic E-state index is 13.0. The fourth-order valence-corrected chi connectivity index (χ4v) is 4.92. The molecule has 1 aliphatic heterocycles. The normalized spacial score (nSPS) is 20.2. The molecule has 29 heavy (non-hydrogen) atoms. The summed E-state index contributed by atoms with van der Waals surface area (Å²) in [6.07, 6.45) is -0.670. The van der Waals surface area contributed by atoms with Crippen LogP contribution >= 0.6 is 0 Å². The molecule has 1 amide bonds. The molecule has 2 aromatic rings. The minimum Gasteiger partial charge on any atom is -0.489 e. The van der Waals surface area contributed by atoms with Crippen LogP contribution in [0, 0.1) is 6.92 Å². The van der Waals surface area contributed by atoms with Gasteiger partial charge >= 0.3 is 0 Å². The zero-order valence-electron chi connectivity index (χ0n) is 16.0. The highest BCUT2D eigenvalue weighted by atomic mass is 32.2. The Morgan fingerprint density at radius 1 is 1.21 bits per heavy atom. The monoisotopic (exact) mass is 420 g/mol. The summed E-state index contributed by atoms with van der Waals surface area (Å²) in [5, 5.41) is 18.7. The van der Waals surface area contributed by atoms with Crippen LogP contribution in [-0.2, 0) is 21.4 Å². The lowest BCUT2D eigenvalue weighted by molar-refractivity contribution is -0.135. The van der Waals surface area contributed by atoms with E-state index in [0.29, 0.717) is 12.4 Å². The number of benzene rings is 2. The van der Waals surface area contributed by atoms with Gasteiger partial charge in [0.2, 0.25) is 10.0 Å². The molecule has 1 saturated heterocycles. The molecule has 0 aliphatic carbocycles. The number of aliphatic hydroxyl groups is 1. The molecule has 156 valence electrons. The van der Waals surface area contributed by atoms with Crippen molar-refractivity contribution in [2.75, 3.05) is 6.54 Å². The van der Waals surface area contributed by atoms with E-state index >= 15 is 0 Å². The summed E-state index contributed by atoms with van der Waals surface area (Å²) in [6.45, 7) is 2.33. The van der Waals surface area contributed by atoms with E-state index in [4.69, 9.17) is 9.94 Å². The van der Waals surface area contributed by atoms with Gasteiger partial charge in [0.05, 0.1) is 11.0 Å². The molecule has 8 nitrogen and oxygen atoms in total. The first kappa shape index (κ1) is 21.3. The SMILES string of the molecule is Cc1ccccc1COc1ccc(S(=O)(=O)N2CC[C@@H](O)C[C@@H]2C(=O)NO)cc1. The zero-order chi connectivity index (χ0) is 21.0. The van der Waals surface area contributed by atoms with Crippen molar-refractivity contribution in [2.45, 2.75) is 43.4 Å². The Labute approximate surface area is 169 Å². The van der Waals surface area contributed by atoms with Crippen LogP contribution in [-0.4, -0.2) is 47.6 Å². The number of carbonyl (C=O) groups is 1. The number of aryl methyl sites for hydroxylation is 1. The second-order valence-corrected chi connectivity index (χ2v) is 8.86. The third-order valence-corrected chi connectivity index (χ3v) is 6.95. The van der Waals surface area contributed by atoms with Crippen molar-refractivity contribution in [3.05, 3.63) is 59.7 Å². The number of ether oxygens (including phenoxy) is 1. The Balaban J connectivity index is 1.75. The Morgan fingerprint density at radius 3 is 2.55 bits per heavy atom. The zero-order valence-corrected chi connectivity index (χ0v) is 16.8. The van der Waals surface area contributed by atoms with Crippen LogP contribution in [0.2, 0.25) is 0 Å². The highest BCUT2D eigenvalue weighted by Gasteiger charge is 2.40. The molecular weight excluding hydrogens is 396 g/mol. The van der Waals surface area contributed by atoms with Crippen LogP contribution < -0.4 is 10.2 Å². The number of aliphatic hydroxyl groups excluding tert-OH is 1. The molecule has 1 fully saturated rings. The van der Waals surface area contributed by atoms with Gasteiger partial charge in [0.15, 0.2) is 0 Å². The lowest BCUT2D eigenvalue weighted by Gasteiger charge is -2.35. The maximum Gasteiger partial charge on any atom is 0.261 e. The molecule has 2 atom stereocenters. The van der Waals surface area contributed by atoms with Gasteiger partial charge in [-0.3, -0.25) is 10.0 Å². The standard InChI is InChI=1S/C20H24N2O6S/c1-14-4-2-3-5-15(14)13-28-17-6-8-18(9-7-17)29(26,27)22-11-10-16(23)12-19(22)20(24)21-25/h2-9,16,19,23,25H,10-13H2,1H3,(H,21,24)/t16-,19-/m1/s1. The summed E-state index contributed by atoms with van der Waals surface area (Å²) in [4.78, 5) is 11.9. The highest BCUT2D eigenvalue weighted by molar-refractivity contribution is 7.89. The quantitative estimate of drug-likeness (QED) is 0.483. The lowest BCUT2D eigenvalue weighted by atomic mass is 10.0. The highest BCUT2D eigenvalue weighted by Crippen LogP contribution is 2.27. The van der Waals surface area contributed by atoms with Gasteiger partial charge in [-0.25, -0.2) is 13.9 Å². The van der Waals surface area contributed by atoms with Crippen molar-refractivity contribution in [3.8, 4) is 5.75 Å². The molecule has 0 saturated carbocycles. The Bertz CT molecular complexity index is 961. The maximum absolute atomic E-state index is 13.0. The third-order valence-electron chi connectivity index (χ3n) is 5.02. The number of rotatable bonds is 6. The predicted octanol–water partition coefficient (Wildman–Crippen LogP) is 1.59. The topological polar surface area (TPSA) is 116 Å². The van der Waals surface area contributed by atoms with E-state index in [-0.39, 0.29) is 24.3 Å². The molecule has 0 aromatic heterocycles. The van der Waals surface area contributed by atoms with Crippen molar-refractivity contribution in [2.24, 2.45) is 0 Å². The van der Waals surface area contributed by atoms with Gasteiger partial charge in [-0.2, -0.15) is 4.31 Å². The summed E-state index contributed by atoms with van der Waals surface area (Å²) in [7, 11) is -3.99. The van der Waals surface area contributed by atoms with Gasteiger partial charge in [-0.1, -0.05) is 24.3 Å². The molecule has 1 aliphatic rings. The van der Waals surface area contributed by atoms with Gasteiger partial charge < -0.3 is 9.84 Å². The Hall–Kier alpha value is -2.46. The van der Waals surface area contributed by atoms with Gasteiger partial charge in [0.1, 0.15) is 18.4 Å². The second kappa shape index (κ2) is 8.91. The van der Waals surface area contributed by atoms with Crippen molar-refractivity contribution < 1.29 is 28.3 Å². The molecule has 1 heterocycles. The number of piperidine rings is 1. The fraction of sp³-hybridized carbons (Fsp3) is 0.350. The second-order valence-electron chi connectivity index (χ2n) is 6.97. The first-order chi connectivity index (χ1) is 13.8. The molecule has 0 bridgehead atoms. The van der Waals surface area contributed by atoms with Crippen molar-refractivity contribution in [1.29, 1.82) is 0 Å². The number of nitrogens with zero attached hydrogens (tertiary/aromatic N) is 1. The van der Waals surface area contributed by atoms with Crippen LogP contribution in [0.3, 0.4) is 0 Å². The van der Waals surface area contributed by atoms with E-state index in [1.54, 1.807) is 12.1 Å². The molecular formula is C20H24N2O6S. The van der Waals surface area contributed by atoms with Crippen molar-refractivity contribution >= 4 is 15.9 Å². The van der Waals surface area contributed by atoms with E-state index in [0.717, 1.165) is 15.4 Å². The largest absolute Gasteiger partial charge is 0.489 e. The van der Waals surface area contributed by atoms with Crippen LogP contribution in [0.1, 0.15) is 24.0 Å². The molecule has 3 rings (SSSR count). The van der Waals surface area contributed by atoms with Gasteiger partial charge in [0.25, 0.3) is 5.91 Å². The van der Waals surface area contributed by atoms with Gasteiger partial charge in [-0.15, -0.1) is 0 Å². The molecule has 2 aromatic carbocycles. The number of amides is 1. The Morgan fingerprint density at radius 2 is 1.90 bits per heavy atom. The summed E-state index contributed by atoms with van der Waals surface area (Å²) in [5.74, 6) is -0.351. The number of nitrogens with one attached hydrogen (secondary N) is 1. The van der Waals surface area contributed by atoms with Crippen LogP contribution in [0.4, 0.5) is 0 Å². The molecule has 0 radical (unpaired) electrons. The van der Waals surface area contributed by atoms with E-state index in [9.17, 15) is 18.3 Å². The van der Waals surface area contributed by atoms with Crippen molar-refractivity contribution in [1.82, 2.24) is 9.79 Å². The number of carbonyl (C=O) groups excluding carboxylic acids is 1. The summed E-state index contributed by atoms with van der Waals surface area (Å²) in [6, 6.07) is 12.6. The average Bonchev–Trinajstić information content (AvgIpc) is 2.72.